The smallest absolute Gasteiger partial charge is 0.237 e. The molecule has 0 saturated carbocycles. The van der Waals surface area contributed by atoms with Crippen LogP contribution in [-0.4, -0.2) is 60.5 Å². The first-order chi connectivity index (χ1) is 18.0. The summed E-state index contributed by atoms with van der Waals surface area (Å²) in [7, 11) is 0. The second-order valence-corrected chi connectivity index (χ2v) is 10.1. The summed E-state index contributed by atoms with van der Waals surface area (Å²) in [6.45, 7) is 2.89. The zero-order valence-corrected chi connectivity index (χ0v) is 21.2. The Morgan fingerprint density at radius 3 is 2.84 bits per heavy atom. The number of aromatic amines is 2. The van der Waals surface area contributed by atoms with E-state index in [0.29, 0.717) is 59.1 Å². The molecule has 1 saturated heterocycles. The maximum absolute atomic E-state index is 12.8. The number of halogens is 2. The van der Waals surface area contributed by atoms with Gasteiger partial charge in [0.25, 0.3) is 0 Å². The number of rotatable bonds is 6. The van der Waals surface area contributed by atoms with Gasteiger partial charge >= 0.3 is 0 Å². The van der Waals surface area contributed by atoms with Crippen LogP contribution in [0.15, 0.2) is 30.6 Å². The molecule has 1 unspecified atom stereocenters. The number of nitrogens with one attached hydrogen (secondary N) is 2. The molecule has 3 aromatic heterocycles. The molecular weight excluding hydrogens is 515 g/mol. The van der Waals surface area contributed by atoms with Crippen LogP contribution in [0.25, 0.3) is 22.4 Å². The summed E-state index contributed by atoms with van der Waals surface area (Å²) in [4.78, 5) is 28.7. The number of carbonyl (C=O) groups excluding carboxylic acids is 1. The van der Waals surface area contributed by atoms with Crippen molar-refractivity contribution >= 4 is 40.0 Å². The number of H-pyrrole nitrogens is 2. The highest BCUT2D eigenvalue weighted by molar-refractivity contribution is 6.35. The van der Waals surface area contributed by atoms with Crippen LogP contribution < -0.4 is 4.74 Å². The van der Waals surface area contributed by atoms with E-state index >= 15 is 0 Å². The van der Waals surface area contributed by atoms with Crippen molar-refractivity contribution in [2.24, 2.45) is 5.92 Å². The second kappa shape index (κ2) is 9.67. The summed E-state index contributed by atoms with van der Waals surface area (Å²) in [6, 6.07) is 7.92. The molecule has 6 rings (SSSR count). The molecule has 10 nitrogen and oxygen atoms in total. The molecule has 0 bridgehead atoms. The van der Waals surface area contributed by atoms with E-state index in [2.05, 4.69) is 26.2 Å². The zero-order valence-electron chi connectivity index (χ0n) is 19.7. The minimum absolute atomic E-state index is 0.0177. The Morgan fingerprint density at radius 1 is 1.24 bits per heavy atom. The molecule has 1 fully saturated rings. The molecule has 1 aromatic carbocycles. The first-order valence-corrected chi connectivity index (χ1v) is 12.6. The van der Waals surface area contributed by atoms with E-state index in [1.54, 1.807) is 4.90 Å². The van der Waals surface area contributed by atoms with Gasteiger partial charge in [-0.05, 0) is 24.6 Å². The van der Waals surface area contributed by atoms with Gasteiger partial charge in [0.1, 0.15) is 18.1 Å². The van der Waals surface area contributed by atoms with E-state index in [1.807, 2.05) is 23.1 Å². The van der Waals surface area contributed by atoms with Crippen LogP contribution >= 0.6 is 23.2 Å². The average Bonchev–Trinajstić information content (AvgIpc) is 3.66. The van der Waals surface area contributed by atoms with Crippen molar-refractivity contribution in [3.63, 3.8) is 0 Å². The minimum atomic E-state index is 0.0177. The lowest BCUT2D eigenvalue weighted by molar-refractivity contribution is -0.132. The molecule has 0 aliphatic carbocycles. The fourth-order valence-electron chi connectivity index (χ4n) is 4.79. The highest BCUT2D eigenvalue weighted by atomic mass is 35.5. The zero-order chi connectivity index (χ0) is 25.5. The standard InChI is InChI=1S/C25H22Cl2N8O2/c26-18-7-29-8-19(27)17(18)13-37-15-1-2-20-16(5-15)24(33-32-20)25-30-21-10-35(11-22(21)31-25)23(36)12-34-4-3-14(6-28)9-34/h1-2,5,7-8,14H,3-4,9-13H2,(H,30,31)(H,32,33). The number of nitrogens with zero attached hydrogens (tertiary/aromatic N) is 6. The van der Waals surface area contributed by atoms with Gasteiger partial charge in [-0.15, -0.1) is 0 Å². The molecule has 1 atom stereocenters. The Morgan fingerprint density at radius 2 is 2.08 bits per heavy atom. The molecule has 188 valence electrons. The van der Waals surface area contributed by atoms with Gasteiger partial charge in [0, 0.05) is 36.4 Å². The molecular formula is C25H22Cl2N8O2. The predicted molar refractivity (Wildman–Crippen MR) is 137 cm³/mol. The molecule has 2 aliphatic heterocycles. The highest BCUT2D eigenvalue weighted by Crippen LogP contribution is 2.32. The van der Waals surface area contributed by atoms with Crippen molar-refractivity contribution in [2.75, 3.05) is 19.6 Å². The molecule has 0 radical (unpaired) electrons. The lowest BCUT2D eigenvalue weighted by atomic mass is 10.1. The van der Waals surface area contributed by atoms with Gasteiger partial charge in [-0.1, -0.05) is 23.2 Å². The van der Waals surface area contributed by atoms with Crippen LogP contribution in [0.5, 0.6) is 5.75 Å². The van der Waals surface area contributed by atoms with Crippen LogP contribution in [0, 0.1) is 17.2 Å². The number of ether oxygens (including phenoxy) is 1. The quantitative estimate of drug-likeness (QED) is 0.382. The van der Waals surface area contributed by atoms with E-state index in [-0.39, 0.29) is 18.4 Å². The summed E-state index contributed by atoms with van der Waals surface area (Å²) in [6.07, 6.45) is 3.89. The first-order valence-electron chi connectivity index (χ1n) is 11.8. The lowest BCUT2D eigenvalue weighted by Gasteiger charge is -2.20. The third-order valence-corrected chi connectivity index (χ3v) is 7.47. The van der Waals surface area contributed by atoms with Crippen molar-refractivity contribution in [1.29, 1.82) is 5.26 Å². The molecule has 2 aliphatic rings. The van der Waals surface area contributed by atoms with Gasteiger partial charge in [0.15, 0.2) is 5.82 Å². The van der Waals surface area contributed by atoms with E-state index < -0.39 is 0 Å². The van der Waals surface area contributed by atoms with Gasteiger partial charge < -0.3 is 14.6 Å². The SMILES string of the molecule is N#CC1CCN(CC(=O)N2Cc3nc(-c4n[nH]c5ccc(OCc6c(Cl)cncc6Cl)cc45)[nH]c3C2)C1. The number of nitriles is 1. The molecule has 12 heteroatoms. The van der Waals surface area contributed by atoms with Crippen LogP contribution in [0.4, 0.5) is 0 Å². The van der Waals surface area contributed by atoms with Crippen LogP contribution in [-0.2, 0) is 24.5 Å². The Balaban J connectivity index is 1.15. The van der Waals surface area contributed by atoms with Gasteiger partial charge in [0.05, 0.1) is 58.6 Å². The fraction of sp³-hybridized carbons (Fsp3) is 0.320. The number of aromatic nitrogens is 5. The summed E-state index contributed by atoms with van der Waals surface area (Å²) < 4.78 is 5.96. The van der Waals surface area contributed by atoms with Gasteiger partial charge in [-0.25, -0.2) is 4.98 Å². The Hall–Kier alpha value is -3.65. The molecule has 0 spiro atoms. The number of pyridine rings is 1. The van der Waals surface area contributed by atoms with Gasteiger partial charge in [-0.3, -0.25) is 19.8 Å². The average molecular weight is 537 g/mol. The van der Waals surface area contributed by atoms with E-state index in [1.165, 1.54) is 12.4 Å². The van der Waals surface area contributed by atoms with Crippen LogP contribution in [0.3, 0.4) is 0 Å². The maximum Gasteiger partial charge on any atom is 0.237 e. The largest absolute Gasteiger partial charge is 0.489 e. The van der Waals surface area contributed by atoms with Crippen molar-refractivity contribution in [3.8, 4) is 23.3 Å². The van der Waals surface area contributed by atoms with Crippen LogP contribution in [0.2, 0.25) is 10.0 Å². The number of carbonyl (C=O) groups is 1. The van der Waals surface area contributed by atoms with E-state index in [0.717, 1.165) is 35.3 Å². The predicted octanol–water partition coefficient (Wildman–Crippen LogP) is 3.92. The topological polar surface area (TPSA) is 127 Å². The van der Waals surface area contributed by atoms with Crippen LogP contribution in [0.1, 0.15) is 23.4 Å². The maximum atomic E-state index is 12.8. The summed E-state index contributed by atoms with van der Waals surface area (Å²) in [5, 5.41) is 18.3. The monoisotopic (exact) mass is 536 g/mol. The summed E-state index contributed by atoms with van der Waals surface area (Å²) in [5.74, 6) is 1.34. The highest BCUT2D eigenvalue weighted by Gasteiger charge is 2.31. The number of hydrogen-bond donors (Lipinski definition) is 2. The molecule has 2 N–H and O–H groups in total. The van der Waals surface area contributed by atoms with Crippen molar-refractivity contribution in [2.45, 2.75) is 26.1 Å². The molecule has 4 aromatic rings. The Bertz CT molecular complexity index is 1500. The van der Waals surface area contributed by atoms with Crippen molar-refractivity contribution < 1.29 is 9.53 Å². The Kier molecular flexibility index (Phi) is 6.20. The number of amides is 1. The molecule has 37 heavy (non-hydrogen) atoms. The number of hydrogen-bond acceptors (Lipinski definition) is 7. The third kappa shape index (κ3) is 4.62. The van der Waals surface area contributed by atoms with Gasteiger partial charge in [-0.2, -0.15) is 10.4 Å². The van der Waals surface area contributed by atoms with E-state index in [4.69, 9.17) is 38.2 Å². The van der Waals surface area contributed by atoms with Crippen molar-refractivity contribution in [3.05, 3.63) is 57.6 Å². The number of imidazole rings is 1. The minimum Gasteiger partial charge on any atom is -0.489 e. The Labute approximate surface area is 222 Å². The third-order valence-electron chi connectivity index (χ3n) is 6.81. The number of benzene rings is 1. The molecule has 1 amide bonds. The lowest BCUT2D eigenvalue weighted by Crippen LogP contribution is -2.37. The van der Waals surface area contributed by atoms with Gasteiger partial charge in [0.2, 0.25) is 5.91 Å². The summed E-state index contributed by atoms with van der Waals surface area (Å²) in [5.41, 5.74) is 3.93. The number of fused-ring (bicyclic) bond motifs is 2. The first kappa shape index (κ1) is 23.7. The number of likely N-dealkylation sites (tertiary alicyclic amines) is 1. The normalized spacial score (nSPS) is 17.3. The fourth-order valence-corrected chi connectivity index (χ4v) is 5.26. The van der Waals surface area contributed by atoms with E-state index in [9.17, 15) is 4.79 Å². The van der Waals surface area contributed by atoms with Crippen molar-refractivity contribution in [1.82, 2.24) is 34.9 Å². The second-order valence-electron chi connectivity index (χ2n) is 9.26. The molecule has 5 heterocycles. The summed E-state index contributed by atoms with van der Waals surface area (Å²) >= 11 is 12.4.